The first-order valence-corrected chi connectivity index (χ1v) is 6.42. The molecule has 2 N–H and O–H groups in total. The molecule has 0 amide bonds. The average Bonchev–Trinajstić information content (AvgIpc) is 2.70. The highest BCUT2D eigenvalue weighted by Gasteiger charge is 2.14. The number of hydrogen-bond donors (Lipinski definition) is 1. The lowest BCUT2D eigenvalue weighted by molar-refractivity contribution is 0.465. The minimum atomic E-state index is -0.155. The molecule has 0 bridgehead atoms. The van der Waals surface area contributed by atoms with Crippen LogP contribution in [0.25, 0.3) is 0 Å². The predicted octanol–water partition coefficient (Wildman–Crippen LogP) is 4.10. The number of furan rings is 1. The summed E-state index contributed by atoms with van der Waals surface area (Å²) in [7, 11) is 0. The summed E-state index contributed by atoms with van der Waals surface area (Å²) in [6, 6.07) is 7.78. The van der Waals surface area contributed by atoms with Crippen molar-refractivity contribution in [3.8, 4) is 0 Å². The summed E-state index contributed by atoms with van der Waals surface area (Å²) in [6.07, 6.45) is 0.766. The fourth-order valence-corrected chi connectivity index (χ4v) is 2.53. The fourth-order valence-electron chi connectivity index (χ4n) is 2.38. The van der Waals surface area contributed by atoms with Crippen molar-refractivity contribution in [2.45, 2.75) is 33.2 Å². The second-order valence-electron chi connectivity index (χ2n) is 4.83. The van der Waals surface area contributed by atoms with Crippen LogP contribution in [-0.2, 0) is 6.42 Å². The molecule has 96 valence electrons. The van der Waals surface area contributed by atoms with Crippen LogP contribution in [0.4, 0.5) is 0 Å². The van der Waals surface area contributed by atoms with Gasteiger partial charge in [0.15, 0.2) is 5.22 Å². The number of nitrogens with two attached hydrogens (primary N) is 1. The van der Waals surface area contributed by atoms with Crippen molar-refractivity contribution in [2.24, 2.45) is 5.73 Å². The van der Waals surface area contributed by atoms with Gasteiger partial charge in [0.25, 0.3) is 0 Å². The Hall–Kier alpha value is -1.25. The molecule has 1 heterocycles. The van der Waals surface area contributed by atoms with Gasteiger partial charge in [0.05, 0.1) is 6.04 Å². The average molecular weight is 264 g/mol. The molecule has 0 aliphatic heterocycles. The Kier molecular flexibility index (Phi) is 3.79. The van der Waals surface area contributed by atoms with E-state index in [0.29, 0.717) is 5.22 Å². The van der Waals surface area contributed by atoms with Crippen LogP contribution in [0, 0.1) is 20.8 Å². The first-order chi connectivity index (χ1) is 8.47. The zero-order valence-electron chi connectivity index (χ0n) is 11.0. The van der Waals surface area contributed by atoms with Gasteiger partial charge in [0, 0.05) is 0 Å². The zero-order valence-corrected chi connectivity index (χ0v) is 11.7. The van der Waals surface area contributed by atoms with E-state index in [9.17, 15) is 0 Å². The van der Waals surface area contributed by atoms with Gasteiger partial charge < -0.3 is 10.2 Å². The molecule has 2 nitrogen and oxygen atoms in total. The van der Waals surface area contributed by atoms with Crippen molar-refractivity contribution in [3.05, 3.63) is 57.5 Å². The number of hydrogen-bond acceptors (Lipinski definition) is 2. The molecule has 0 radical (unpaired) electrons. The summed E-state index contributed by atoms with van der Waals surface area (Å²) in [5.41, 5.74) is 11.3. The minimum Gasteiger partial charge on any atom is -0.448 e. The van der Waals surface area contributed by atoms with Gasteiger partial charge in [-0.3, -0.25) is 0 Å². The maximum atomic E-state index is 6.16. The standard InChI is InChI=1S/C15H18ClNO/c1-9-6-10(2)12(11(3)7-9)8-13(17)14-4-5-15(16)18-14/h4-7,13H,8,17H2,1-3H3. The van der Waals surface area contributed by atoms with E-state index >= 15 is 0 Å². The Balaban J connectivity index is 2.24. The molecule has 0 saturated heterocycles. The largest absolute Gasteiger partial charge is 0.448 e. The fraction of sp³-hybridized carbons (Fsp3) is 0.333. The van der Waals surface area contributed by atoms with Gasteiger partial charge in [-0.15, -0.1) is 0 Å². The third kappa shape index (κ3) is 2.77. The SMILES string of the molecule is Cc1cc(C)c(CC(N)c2ccc(Cl)o2)c(C)c1. The van der Waals surface area contributed by atoms with Gasteiger partial charge in [-0.1, -0.05) is 17.7 Å². The van der Waals surface area contributed by atoms with Crippen molar-refractivity contribution in [1.82, 2.24) is 0 Å². The number of benzene rings is 1. The van der Waals surface area contributed by atoms with E-state index in [1.807, 2.05) is 6.07 Å². The lowest BCUT2D eigenvalue weighted by atomic mass is 9.94. The van der Waals surface area contributed by atoms with Crippen LogP contribution >= 0.6 is 11.6 Å². The lowest BCUT2D eigenvalue weighted by Crippen LogP contribution is -2.14. The molecule has 3 heteroatoms. The Morgan fingerprint density at radius 3 is 2.28 bits per heavy atom. The first kappa shape index (κ1) is 13.2. The summed E-state index contributed by atoms with van der Waals surface area (Å²) < 4.78 is 5.36. The van der Waals surface area contributed by atoms with E-state index < -0.39 is 0 Å². The van der Waals surface area contributed by atoms with Crippen molar-refractivity contribution in [3.63, 3.8) is 0 Å². The van der Waals surface area contributed by atoms with Crippen molar-refractivity contribution in [2.75, 3.05) is 0 Å². The van der Waals surface area contributed by atoms with Gasteiger partial charge in [0.2, 0.25) is 0 Å². The summed E-state index contributed by atoms with van der Waals surface area (Å²) in [5, 5.41) is 0.387. The highest BCUT2D eigenvalue weighted by atomic mass is 35.5. The minimum absolute atomic E-state index is 0.155. The molecule has 0 saturated carbocycles. The molecule has 0 fully saturated rings. The highest BCUT2D eigenvalue weighted by molar-refractivity contribution is 6.28. The summed E-state index contributed by atoms with van der Waals surface area (Å²) in [6.45, 7) is 6.35. The van der Waals surface area contributed by atoms with Gasteiger partial charge >= 0.3 is 0 Å². The van der Waals surface area contributed by atoms with Crippen LogP contribution in [0.1, 0.15) is 34.1 Å². The van der Waals surface area contributed by atoms with Crippen LogP contribution in [0.15, 0.2) is 28.7 Å². The van der Waals surface area contributed by atoms with E-state index in [0.717, 1.165) is 12.2 Å². The Bertz CT molecular complexity index is 536. The van der Waals surface area contributed by atoms with Crippen molar-refractivity contribution < 1.29 is 4.42 Å². The molecule has 1 aromatic carbocycles. The molecule has 2 rings (SSSR count). The molecule has 1 aromatic heterocycles. The number of aryl methyl sites for hydroxylation is 3. The molecule has 0 aliphatic carbocycles. The van der Waals surface area contributed by atoms with E-state index in [-0.39, 0.29) is 6.04 Å². The Labute approximate surface area is 113 Å². The van der Waals surface area contributed by atoms with Crippen LogP contribution in [0.5, 0.6) is 0 Å². The van der Waals surface area contributed by atoms with Gasteiger partial charge in [-0.25, -0.2) is 0 Å². The second-order valence-corrected chi connectivity index (χ2v) is 5.20. The molecule has 1 unspecified atom stereocenters. The van der Waals surface area contributed by atoms with Crippen molar-refractivity contribution >= 4 is 11.6 Å². The number of halogens is 1. The second kappa shape index (κ2) is 5.17. The van der Waals surface area contributed by atoms with Crippen LogP contribution in [0.3, 0.4) is 0 Å². The van der Waals surface area contributed by atoms with E-state index in [4.69, 9.17) is 21.8 Å². The monoisotopic (exact) mass is 263 g/mol. The molecule has 0 aliphatic rings. The van der Waals surface area contributed by atoms with Crippen molar-refractivity contribution in [1.29, 1.82) is 0 Å². The topological polar surface area (TPSA) is 39.2 Å². The highest BCUT2D eigenvalue weighted by Crippen LogP contribution is 2.25. The first-order valence-electron chi connectivity index (χ1n) is 6.05. The lowest BCUT2D eigenvalue weighted by Gasteiger charge is -2.15. The Morgan fingerprint density at radius 2 is 1.78 bits per heavy atom. The third-order valence-corrected chi connectivity index (χ3v) is 3.43. The molecule has 18 heavy (non-hydrogen) atoms. The smallest absolute Gasteiger partial charge is 0.193 e. The van der Waals surface area contributed by atoms with Crippen LogP contribution < -0.4 is 5.73 Å². The zero-order chi connectivity index (χ0) is 13.3. The maximum Gasteiger partial charge on any atom is 0.193 e. The van der Waals surface area contributed by atoms with Crippen LogP contribution in [0.2, 0.25) is 5.22 Å². The maximum absolute atomic E-state index is 6.16. The quantitative estimate of drug-likeness (QED) is 0.905. The molecular formula is C15H18ClNO. The molecular weight excluding hydrogens is 246 g/mol. The molecule has 2 aromatic rings. The van der Waals surface area contributed by atoms with Gasteiger partial charge in [0.1, 0.15) is 5.76 Å². The summed E-state index contributed by atoms with van der Waals surface area (Å²) >= 11 is 5.77. The van der Waals surface area contributed by atoms with E-state index in [1.165, 1.54) is 22.3 Å². The molecule has 1 atom stereocenters. The third-order valence-electron chi connectivity index (χ3n) is 3.22. The summed E-state index contributed by atoms with van der Waals surface area (Å²) in [5.74, 6) is 0.736. The van der Waals surface area contributed by atoms with Crippen LogP contribution in [-0.4, -0.2) is 0 Å². The normalized spacial score (nSPS) is 12.7. The molecule has 0 spiro atoms. The predicted molar refractivity (Wildman–Crippen MR) is 75.0 cm³/mol. The summed E-state index contributed by atoms with van der Waals surface area (Å²) in [4.78, 5) is 0. The van der Waals surface area contributed by atoms with E-state index in [1.54, 1.807) is 6.07 Å². The van der Waals surface area contributed by atoms with Gasteiger partial charge in [-0.2, -0.15) is 0 Å². The van der Waals surface area contributed by atoms with Gasteiger partial charge in [-0.05, 0) is 67.6 Å². The number of rotatable bonds is 3. The van der Waals surface area contributed by atoms with E-state index in [2.05, 4.69) is 32.9 Å². The Morgan fingerprint density at radius 1 is 1.17 bits per heavy atom.